The lowest BCUT2D eigenvalue weighted by atomic mass is 10.2. The van der Waals surface area contributed by atoms with Crippen LogP contribution in [0.15, 0.2) is 0 Å². The highest BCUT2D eigenvalue weighted by atomic mass is 16.5. The van der Waals surface area contributed by atoms with Crippen molar-refractivity contribution in [1.82, 2.24) is 10.6 Å². The minimum absolute atomic E-state index is 0.0385. The maximum absolute atomic E-state index is 11.2. The summed E-state index contributed by atoms with van der Waals surface area (Å²) in [4.78, 5) is 21.6. The molecule has 0 aromatic heterocycles. The number of nitrogens with one attached hydrogen (secondary N) is 2. The van der Waals surface area contributed by atoms with Crippen molar-refractivity contribution in [3.05, 3.63) is 0 Å². The fourth-order valence-electron chi connectivity index (χ4n) is 1.23. The van der Waals surface area contributed by atoms with Crippen molar-refractivity contribution in [1.29, 1.82) is 0 Å². The monoisotopic (exact) mass is 201 g/mol. The molecule has 0 aromatic carbocycles. The molecule has 1 fully saturated rings. The van der Waals surface area contributed by atoms with Gasteiger partial charge < -0.3 is 21.1 Å². The Hall–Kier alpha value is -1.14. The Kier molecular flexibility index (Phi) is 4.34. The molecule has 0 bridgehead atoms. The lowest BCUT2D eigenvalue weighted by molar-refractivity contribution is -0.125. The first-order valence-electron chi connectivity index (χ1n) is 4.54. The van der Waals surface area contributed by atoms with Gasteiger partial charge in [-0.3, -0.25) is 9.59 Å². The molecule has 1 saturated heterocycles. The molecule has 0 saturated carbocycles. The Bertz CT molecular complexity index is 214. The highest BCUT2D eigenvalue weighted by Gasteiger charge is 2.16. The van der Waals surface area contributed by atoms with Gasteiger partial charge in [0.25, 0.3) is 0 Å². The van der Waals surface area contributed by atoms with Crippen molar-refractivity contribution in [3.8, 4) is 0 Å². The van der Waals surface area contributed by atoms with Gasteiger partial charge in [-0.2, -0.15) is 0 Å². The summed E-state index contributed by atoms with van der Waals surface area (Å²) in [5.74, 6) is -0.724. The molecule has 0 aliphatic carbocycles. The Morgan fingerprint density at radius 2 is 2.36 bits per heavy atom. The molecule has 1 atom stereocenters. The number of hydrogen-bond donors (Lipinski definition) is 3. The van der Waals surface area contributed by atoms with Crippen molar-refractivity contribution in [3.63, 3.8) is 0 Å². The Labute approximate surface area is 82.2 Å². The first-order valence-corrected chi connectivity index (χ1v) is 4.54. The highest BCUT2D eigenvalue weighted by molar-refractivity contribution is 5.83. The van der Waals surface area contributed by atoms with Gasteiger partial charge in [0.05, 0.1) is 19.8 Å². The summed E-state index contributed by atoms with van der Waals surface area (Å²) in [5.41, 5.74) is 4.88. The summed E-state index contributed by atoms with van der Waals surface area (Å²) >= 11 is 0. The van der Waals surface area contributed by atoms with Crippen LogP contribution in [0.25, 0.3) is 0 Å². The van der Waals surface area contributed by atoms with Gasteiger partial charge >= 0.3 is 0 Å². The predicted octanol–water partition coefficient (Wildman–Crippen LogP) is -2.03. The van der Waals surface area contributed by atoms with Gasteiger partial charge in [0.1, 0.15) is 0 Å². The standard InChI is InChI=1S/C8H15N3O3/c9-7(12)4-11-8(13)3-6-5-14-2-1-10-6/h6,10H,1-5H2,(H2,9,12)(H,11,13). The average Bonchev–Trinajstić information content (AvgIpc) is 2.16. The van der Waals surface area contributed by atoms with Crippen molar-refractivity contribution < 1.29 is 14.3 Å². The van der Waals surface area contributed by atoms with Crippen molar-refractivity contribution in [2.45, 2.75) is 12.5 Å². The van der Waals surface area contributed by atoms with Crippen LogP contribution in [0.2, 0.25) is 0 Å². The molecule has 1 aliphatic rings. The van der Waals surface area contributed by atoms with Crippen LogP contribution in [-0.2, 0) is 14.3 Å². The first kappa shape index (κ1) is 10.9. The Balaban J connectivity index is 2.15. The largest absolute Gasteiger partial charge is 0.378 e. The summed E-state index contributed by atoms with van der Waals surface area (Å²) in [7, 11) is 0. The van der Waals surface area contributed by atoms with Gasteiger partial charge in [-0.15, -0.1) is 0 Å². The zero-order valence-electron chi connectivity index (χ0n) is 7.91. The molecule has 0 radical (unpaired) electrons. The zero-order valence-corrected chi connectivity index (χ0v) is 7.91. The van der Waals surface area contributed by atoms with Crippen LogP contribution in [-0.4, -0.2) is 44.2 Å². The van der Waals surface area contributed by atoms with Gasteiger partial charge in [-0.1, -0.05) is 0 Å². The SMILES string of the molecule is NC(=O)CNC(=O)CC1COCCN1. The van der Waals surface area contributed by atoms with Crippen LogP contribution in [0.1, 0.15) is 6.42 Å². The number of ether oxygens (including phenoxy) is 1. The topological polar surface area (TPSA) is 93.5 Å². The van der Waals surface area contributed by atoms with Crippen LogP contribution in [0.4, 0.5) is 0 Å². The summed E-state index contributed by atoms with van der Waals surface area (Å²) in [6.07, 6.45) is 0.313. The third kappa shape index (κ3) is 4.20. The van der Waals surface area contributed by atoms with E-state index in [9.17, 15) is 9.59 Å². The Morgan fingerprint density at radius 3 is 2.93 bits per heavy atom. The average molecular weight is 201 g/mol. The number of hydrogen-bond acceptors (Lipinski definition) is 4. The third-order valence-corrected chi connectivity index (χ3v) is 1.89. The lowest BCUT2D eigenvalue weighted by Crippen LogP contribution is -2.45. The van der Waals surface area contributed by atoms with Crippen molar-refractivity contribution >= 4 is 11.8 Å². The fourth-order valence-corrected chi connectivity index (χ4v) is 1.23. The maximum atomic E-state index is 11.2. The summed E-state index contributed by atoms with van der Waals surface area (Å²) < 4.78 is 5.17. The molecule has 6 heteroatoms. The molecule has 4 N–H and O–H groups in total. The number of morpholine rings is 1. The molecule has 0 spiro atoms. The van der Waals surface area contributed by atoms with E-state index in [0.717, 1.165) is 6.54 Å². The molecular formula is C8H15N3O3. The summed E-state index contributed by atoms with van der Waals surface area (Å²) in [6.45, 7) is 1.86. The molecule has 80 valence electrons. The second kappa shape index (κ2) is 5.56. The van der Waals surface area contributed by atoms with Gasteiger partial charge in [0, 0.05) is 19.0 Å². The van der Waals surface area contributed by atoms with Gasteiger partial charge in [0.2, 0.25) is 11.8 Å². The van der Waals surface area contributed by atoms with E-state index in [1.807, 2.05) is 0 Å². The molecule has 1 unspecified atom stereocenters. The minimum Gasteiger partial charge on any atom is -0.378 e. The second-order valence-corrected chi connectivity index (χ2v) is 3.17. The third-order valence-electron chi connectivity index (χ3n) is 1.89. The van der Waals surface area contributed by atoms with Crippen LogP contribution >= 0.6 is 0 Å². The van der Waals surface area contributed by atoms with E-state index in [-0.39, 0.29) is 18.5 Å². The van der Waals surface area contributed by atoms with Crippen molar-refractivity contribution in [2.75, 3.05) is 26.3 Å². The van der Waals surface area contributed by atoms with Crippen LogP contribution < -0.4 is 16.4 Å². The molecule has 1 heterocycles. The zero-order chi connectivity index (χ0) is 10.4. The van der Waals surface area contributed by atoms with E-state index in [1.54, 1.807) is 0 Å². The van der Waals surface area contributed by atoms with E-state index in [2.05, 4.69) is 10.6 Å². The number of rotatable bonds is 4. The van der Waals surface area contributed by atoms with Gasteiger partial charge in [-0.05, 0) is 0 Å². The van der Waals surface area contributed by atoms with E-state index in [0.29, 0.717) is 19.6 Å². The van der Waals surface area contributed by atoms with Crippen LogP contribution in [0.5, 0.6) is 0 Å². The predicted molar refractivity (Wildman–Crippen MR) is 49.4 cm³/mol. The van der Waals surface area contributed by atoms with E-state index < -0.39 is 5.91 Å². The lowest BCUT2D eigenvalue weighted by Gasteiger charge is -2.23. The smallest absolute Gasteiger partial charge is 0.236 e. The number of amides is 2. The van der Waals surface area contributed by atoms with E-state index >= 15 is 0 Å². The van der Waals surface area contributed by atoms with E-state index in [1.165, 1.54) is 0 Å². The molecule has 1 aliphatic heterocycles. The van der Waals surface area contributed by atoms with Crippen LogP contribution in [0, 0.1) is 0 Å². The minimum atomic E-state index is -0.536. The quantitative estimate of drug-likeness (QED) is 0.489. The van der Waals surface area contributed by atoms with Gasteiger partial charge in [0.15, 0.2) is 0 Å². The highest BCUT2D eigenvalue weighted by Crippen LogP contribution is 1.97. The Morgan fingerprint density at radius 1 is 1.57 bits per heavy atom. The number of nitrogens with two attached hydrogens (primary N) is 1. The molecule has 14 heavy (non-hydrogen) atoms. The van der Waals surface area contributed by atoms with E-state index in [4.69, 9.17) is 10.5 Å². The molecule has 6 nitrogen and oxygen atoms in total. The number of carbonyl (C=O) groups excluding carboxylic acids is 2. The summed E-state index contributed by atoms with van der Waals surface area (Å²) in [5, 5.41) is 5.56. The molecular weight excluding hydrogens is 186 g/mol. The summed E-state index contributed by atoms with van der Waals surface area (Å²) in [6, 6.07) is 0.0385. The first-order chi connectivity index (χ1) is 6.68. The van der Waals surface area contributed by atoms with Crippen LogP contribution in [0.3, 0.4) is 0 Å². The molecule has 1 rings (SSSR count). The number of primary amides is 1. The molecule has 0 aromatic rings. The normalized spacial score (nSPS) is 21.6. The van der Waals surface area contributed by atoms with Gasteiger partial charge in [-0.25, -0.2) is 0 Å². The molecule has 2 amide bonds. The second-order valence-electron chi connectivity index (χ2n) is 3.17. The fraction of sp³-hybridized carbons (Fsp3) is 0.750. The maximum Gasteiger partial charge on any atom is 0.236 e. The number of carbonyl (C=O) groups is 2. The van der Waals surface area contributed by atoms with Crippen molar-refractivity contribution in [2.24, 2.45) is 5.73 Å².